The van der Waals surface area contributed by atoms with Crippen LogP contribution in [-0.2, 0) is 43.0 Å². The molecule has 1 rings (SSSR count). The second kappa shape index (κ2) is 16.3. The molecule has 0 aromatic heterocycles. The first kappa shape index (κ1) is 39.8. The maximum absolute atomic E-state index is 13.8. The third-order valence-electron chi connectivity index (χ3n) is 7.84. The van der Waals surface area contributed by atoms with E-state index in [4.69, 9.17) is 14.2 Å². The van der Waals surface area contributed by atoms with Crippen LogP contribution in [0.25, 0.3) is 0 Å². The summed E-state index contributed by atoms with van der Waals surface area (Å²) in [5.74, 6) is -7.85. The van der Waals surface area contributed by atoms with Crippen molar-refractivity contribution in [3.05, 3.63) is 0 Å². The fourth-order valence-corrected chi connectivity index (χ4v) is 5.25. The summed E-state index contributed by atoms with van der Waals surface area (Å²) in [5, 5.41) is 21.1. The van der Waals surface area contributed by atoms with Crippen molar-refractivity contribution < 1.29 is 53.2 Å². The van der Waals surface area contributed by atoms with Crippen LogP contribution < -0.4 is 0 Å². The van der Waals surface area contributed by atoms with Crippen LogP contribution in [0.5, 0.6) is 0 Å². The van der Waals surface area contributed by atoms with Gasteiger partial charge in [-0.1, -0.05) is 55.4 Å². The molecule has 0 spiro atoms. The minimum Gasteiger partial charge on any atom is -0.450 e. The Morgan fingerprint density at radius 1 is 0.444 bits per heavy atom. The van der Waals surface area contributed by atoms with Gasteiger partial charge in [0.25, 0.3) is 17.7 Å². The van der Waals surface area contributed by atoms with Gasteiger partial charge in [-0.15, -0.1) is 0 Å². The first-order valence-corrected chi connectivity index (χ1v) is 15.4. The van der Waals surface area contributed by atoms with Crippen LogP contribution >= 0.6 is 0 Å². The summed E-state index contributed by atoms with van der Waals surface area (Å²) < 4.78 is 16.9. The minimum absolute atomic E-state index is 0.511. The van der Waals surface area contributed by atoms with Crippen molar-refractivity contribution in [3.8, 4) is 0 Å². The molecule has 0 aliphatic carbocycles. The Balaban J connectivity index is 3.93. The number of aliphatic hydroxyl groups is 2. The second-order valence-corrected chi connectivity index (χ2v) is 13.2. The Morgan fingerprint density at radius 3 is 0.867 bits per heavy atom. The van der Waals surface area contributed by atoms with E-state index < -0.39 is 108 Å². The highest BCUT2D eigenvalue weighted by atomic mass is 16.6. The van der Waals surface area contributed by atoms with Crippen LogP contribution in [0.3, 0.4) is 0 Å². The van der Waals surface area contributed by atoms with Gasteiger partial charge in [0, 0.05) is 21.1 Å². The van der Waals surface area contributed by atoms with E-state index in [1.165, 1.54) is 35.0 Å². The van der Waals surface area contributed by atoms with Crippen molar-refractivity contribution in [2.45, 2.75) is 118 Å². The highest BCUT2D eigenvalue weighted by Crippen LogP contribution is 2.23. The summed E-state index contributed by atoms with van der Waals surface area (Å²) in [7, 11) is 3.81. The predicted octanol–water partition coefficient (Wildman–Crippen LogP) is 0.602. The van der Waals surface area contributed by atoms with Gasteiger partial charge in [0.05, 0.1) is 12.2 Å². The van der Waals surface area contributed by atoms with Crippen LogP contribution in [0.2, 0.25) is 0 Å². The van der Waals surface area contributed by atoms with Gasteiger partial charge in [0.15, 0.2) is 30.4 Å². The van der Waals surface area contributed by atoms with E-state index in [2.05, 4.69) is 0 Å². The van der Waals surface area contributed by atoms with Crippen LogP contribution in [-0.4, -0.2) is 130 Å². The predicted molar refractivity (Wildman–Crippen MR) is 162 cm³/mol. The zero-order valence-electron chi connectivity index (χ0n) is 28.8. The van der Waals surface area contributed by atoms with Crippen LogP contribution in [0.4, 0.5) is 0 Å². The Hall–Kier alpha value is -3.26. The first-order valence-electron chi connectivity index (χ1n) is 15.4. The maximum Gasteiger partial charge on any atom is 0.332 e. The first-order chi connectivity index (χ1) is 20.6. The molecular weight excluding hydrogens is 590 g/mol. The van der Waals surface area contributed by atoms with E-state index in [1.54, 1.807) is 55.4 Å². The molecule has 0 bridgehead atoms. The summed E-state index contributed by atoms with van der Waals surface area (Å²) in [4.78, 5) is 84.7. The average Bonchev–Trinajstić information content (AvgIpc) is 2.90. The van der Waals surface area contributed by atoms with Gasteiger partial charge in [-0.05, 0) is 37.5 Å². The van der Waals surface area contributed by atoms with E-state index in [0.717, 1.165) is 14.7 Å². The number of likely N-dealkylation sites (N-methyl/N-ethyl adjacent to an activating group) is 3. The lowest BCUT2D eigenvalue weighted by Crippen LogP contribution is -2.59. The van der Waals surface area contributed by atoms with Gasteiger partial charge in [-0.25, -0.2) is 14.4 Å². The number of carbonyl (C=O) groups excluding carboxylic acids is 6. The minimum atomic E-state index is -1.61. The highest BCUT2D eigenvalue weighted by Gasteiger charge is 2.45. The molecule has 1 aliphatic heterocycles. The molecule has 0 aromatic carbocycles. The van der Waals surface area contributed by atoms with Crippen molar-refractivity contribution in [2.75, 3.05) is 21.1 Å². The van der Waals surface area contributed by atoms with Gasteiger partial charge in [0.2, 0.25) is 0 Å². The molecule has 1 heterocycles. The summed E-state index contributed by atoms with van der Waals surface area (Å²) in [6.45, 7) is 15.5. The van der Waals surface area contributed by atoms with Gasteiger partial charge in [0.1, 0.15) is 6.04 Å². The van der Waals surface area contributed by atoms with E-state index in [-0.39, 0.29) is 0 Å². The number of amides is 3. The Kier molecular flexibility index (Phi) is 14.4. The van der Waals surface area contributed by atoms with Crippen molar-refractivity contribution in [2.24, 2.45) is 23.7 Å². The molecule has 0 radical (unpaired) electrons. The summed E-state index contributed by atoms with van der Waals surface area (Å²) in [5.41, 5.74) is 0. The number of esters is 3. The number of ether oxygens (including phenoxy) is 3. The summed E-state index contributed by atoms with van der Waals surface area (Å²) in [6.07, 6.45) is -7.28. The molecule has 1 aliphatic rings. The van der Waals surface area contributed by atoms with Crippen molar-refractivity contribution in [3.63, 3.8) is 0 Å². The topological polar surface area (TPSA) is 180 Å². The fourth-order valence-electron chi connectivity index (χ4n) is 5.25. The van der Waals surface area contributed by atoms with Crippen molar-refractivity contribution in [1.82, 2.24) is 14.7 Å². The molecule has 3 amide bonds. The molecule has 2 N–H and O–H groups in total. The zero-order valence-corrected chi connectivity index (χ0v) is 28.8. The third-order valence-corrected chi connectivity index (χ3v) is 7.84. The van der Waals surface area contributed by atoms with Gasteiger partial charge < -0.3 is 39.1 Å². The summed E-state index contributed by atoms with van der Waals surface area (Å²) in [6, 6.07) is -4.42. The maximum atomic E-state index is 13.8. The van der Waals surface area contributed by atoms with Crippen molar-refractivity contribution in [1.29, 1.82) is 0 Å². The molecular formula is C31H53N3O11. The van der Waals surface area contributed by atoms with Crippen molar-refractivity contribution >= 4 is 35.6 Å². The van der Waals surface area contributed by atoms with Crippen LogP contribution in [0.1, 0.15) is 69.2 Å². The number of carbonyl (C=O) groups is 6. The lowest BCUT2D eigenvalue weighted by atomic mass is 9.99. The molecule has 1 saturated heterocycles. The van der Waals surface area contributed by atoms with E-state index in [9.17, 15) is 39.0 Å². The fraction of sp³-hybridized carbons (Fsp3) is 0.806. The normalized spacial score (nSPS) is 28.7. The molecule has 45 heavy (non-hydrogen) atoms. The average molecular weight is 644 g/mol. The Morgan fingerprint density at radius 2 is 0.667 bits per heavy atom. The number of rotatable bonds is 6. The monoisotopic (exact) mass is 643 g/mol. The van der Waals surface area contributed by atoms with E-state index >= 15 is 0 Å². The lowest BCUT2D eigenvalue weighted by Gasteiger charge is -2.38. The number of nitrogens with zero attached hydrogens (tertiary/aromatic N) is 3. The third kappa shape index (κ3) is 9.38. The zero-order chi connectivity index (χ0) is 35.2. The smallest absolute Gasteiger partial charge is 0.332 e. The molecule has 258 valence electrons. The van der Waals surface area contributed by atoms with Gasteiger partial charge in [-0.2, -0.15) is 0 Å². The molecule has 14 heteroatoms. The molecule has 8 atom stereocenters. The largest absolute Gasteiger partial charge is 0.450 e. The lowest BCUT2D eigenvalue weighted by molar-refractivity contribution is -0.183. The molecule has 0 saturated carbocycles. The quantitative estimate of drug-likeness (QED) is 0.306. The standard InChI is InChI=1S/C31H53N3O11/c1-14(2)20-29(40)43-24(16(5)6)27(38)33(12)22(19(10)36)31(42)45-25(17(7)8)28(39)34(13)21(18(9)35)30(41)44-23(15(3)4)26(37)32(20)11/h14-25,35-36H,1-13H3/t18-,19-,20+,21+,22+,23-,24-,25-/m1/s1. The van der Waals surface area contributed by atoms with Crippen LogP contribution in [0, 0.1) is 23.7 Å². The Bertz CT molecular complexity index is 956. The number of hydrogen-bond donors (Lipinski definition) is 2. The number of aliphatic hydroxyl groups excluding tert-OH is 2. The second-order valence-electron chi connectivity index (χ2n) is 13.2. The molecule has 0 aromatic rings. The molecule has 0 unspecified atom stereocenters. The van der Waals surface area contributed by atoms with Gasteiger partial charge in [-0.3, -0.25) is 14.4 Å². The number of cyclic esters (lactones) is 3. The van der Waals surface area contributed by atoms with E-state index in [1.807, 2.05) is 0 Å². The van der Waals surface area contributed by atoms with Crippen LogP contribution in [0.15, 0.2) is 0 Å². The highest BCUT2D eigenvalue weighted by molar-refractivity contribution is 5.94. The number of hydrogen-bond acceptors (Lipinski definition) is 11. The van der Waals surface area contributed by atoms with E-state index in [0.29, 0.717) is 0 Å². The molecule has 1 fully saturated rings. The Labute approximate surface area is 266 Å². The SMILES string of the molecule is CC(C)[C@H]1C(=O)O[C@H](C(C)C)C(=O)N(C)[C@@H]([C@@H](C)O)C(=O)O[C@H](C(C)C)C(=O)N(C)[C@@H]([C@@H](C)O)C(=O)O[C@H](C(C)C)C(=O)N1C. The molecule has 14 nitrogen and oxygen atoms in total. The summed E-state index contributed by atoms with van der Waals surface area (Å²) >= 11 is 0. The van der Waals surface area contributed by atoms with Gasteiger partial charge >= 0.3 is 17.9 Å².